The molecule has 8 heteroatoms. The maximum atomic E-state index is 12.6. The first-order chi connectivity index (χ1) is 14.9. The monoisotopic (exact) mass is 419 g/mol. The van der Waals surface area contributed by atoms with E-state index in [4.69, 9.17) is 0 Å². The van der Waals surface area contributed by atoms with Crippen LogP contribution < -0.4 is 10.6 Å². The van der Waals surface area contributed by atoms with Gasteiger partial charge in [0.05, 0.1) is 17.0 Å². The number of carbonyl (C=O) groups excluding carboxylic acids is 2. The van der Waals surface area contributed by atoms with Gasteiger partial charge in [-0.15, -0.1) is 0 Å². The summed E-state index contributed by atoms with van der Waals surface area (Å²) in [6.07, 6.45) is 6.24. The van der Waals surface area contributed by atoms with E-state index in [1.54, 1.807) is 30.5 Å². The Bertz CT molecular complexity index is 1100. The van der Waals surface area contributed by atoms with Gasteiger partial charge in [-0.1, -0.05) is 6.42 Å². The van der Waals surface area contributed by atoms with Crippen LogP contribution in [0.5, 0.6) is 5.75 Å². The van der Waals surface area contributed by atoms with Crippen molar-refractivity contribution in [2.24, 2.45) is 0 Å². The highest BCUT2D eigenvalue weighted by molar-refractivity contribution is 6.04. The summed E-state index contributed by atoms with van der Waals surface area (Å²) in [5, 5.41) is 20.7. The Morgan fingerprint density at radius 3 is 2.61 bits per heavy atom. The fourth-order valence-corrected chi connectivity index (χ4v) is 3.52. The van der Waals surface area contributed by atoms with E-state index >= 15 is 0 Å². The van der Waals surface area contributed by atoms with Gasteiger partial charge in [0, 0.05) is 41.7 Å². The zero-order valence-corrected chi connectivity index (χ0v) is 17.5. The summed E-state index contributed by atoms with van der Waals surface area (Å²) >= 11 is 0. The number of nitrogens with one attached hydrogen (secondary N) is 2. The molecule has 0 unspecified atom stereocenters. The van der Waals surface area contributed by atoms with Gasteiger partial charge >= 0.3 is 6.03 Å². The molecule has 1 aliphatic rings. The van der Waals surface area contributed by atoms with Crippen molar-refractivity contribution in [1.29, 1.82) is 0 Å². The second-order valence-electron chi connectivity index (χ2n) is 8.03. The van der Waals surface area contributed by atoms with Crippen LogP contribution in [0, 0.1) is 0 Å². The zero-order valence-electron chi connectivity index (χ0n) is 17.5. The Labute approximate surface area is 180 Å². The topological polar surface area (TPSA) is 109 Å². The lowest BCUT2D eigenvalue weighted by Gasteiger charge is -2.25. The Morgan fingerprint density at radius 1 is 1.19 bits per heavy atom. The van der Waals surface area contributed by atoms with Crippen LogP contribution in [0.3, 0.4) is 0 Å². The summed E-state index contributed by atoms with van der Waals surface area (Å²) < 4.78 is 1.41. The van der Waals surface area contributed by atoms with Gasteiger partial charge in [0.1, 0.15) is 5.75 Å². The average molecular weight is 419 g/mol. The molecule has 1 saturated carbocycles. The van der Waals surface area contributed by atoms with E-state index in [1.807, 2.05) is 19.9 Å². The molecule has 0 saturated heterocycles. The smallest absolute Gasteiger partial charge is 0.342 e. The summed E-state index contributed by atoms with van der Waals surface area (Å²) in [4.78, 5) is 28.9. The van der Waals surface area contributed by atoms with Crippen molar-refractivity contribution in [3.05, 3.63) is 60.0 Å². The number of phenols is 1. The molecule has 1 aromatic carbocycles. The minimum atomic E-state index is -0.317. The summed E-state index contributed by atoms with van der Waals surface area (Å²) in [6, 6.07) is 9.78. The number of carbonyl (C=O) groups is 2. The van der Waals surface area contributed by atoms with Crippen molar-refractivity contribution < 1.29 is 14.7 Å². The molecule has 31 heavy (non-hydrogen) atoms. The summed E-state index contributed by atoms with van der Waals surface area (Å²) in [5.41, 5.74) is 2.74. The van der Waals surface area contributed by atoms with Gasteiger partial charge in [0.25, 0.3) is 5.91 Å². The van der Waals surface area contributed by atoms with E-state index < -0.39 is 0 Å². The number of aromatic hydroxyl groups is 1. The van der Waals surface area contributed by atoms with Crippen LogP contribution in [0.1, 0.15) is 55.1 Å². The molecule has 0 atom stereocenters. The molecule has 2 heterocycles. The molecule has 3 aromatic rings. The Morgan fingerprint density at radius 2 is 2.00 bits per heavy atom. The van der Waals surface area contributed by atoms with Crippen LogP contribution in [0.25, 0.3) is 11.3 Å². The summed E-state index contributed by atoms with van der Waals surface area (Å²) in [7, 11) is 0. The second kappa shape index (κ2) is 8.59. The number of pyridine rings is 1. The fourth-order valence-electron chi connectivity index (χ4n) is 3.52. The lowest BCUT2D eigenvalue weighted by molar-refractivity contribution is 0.102. The van der Waals surface area contributed by atoms with E-state index in [2.05, 4.69) is 20.7 Å². The molecule has 4 rings (SSSR count). The van der Waals surface area contributed by atoms with E-state index in [-0.39, 0.29) is 23.7 Å². The standard InChI is InChI=1S/C23H25N5O3/c1-14(2)25-23(31)28-20(15-5-3-6-15)12-19(27-28)18-9-8-17(11-21(18)29)26-22(30)16-7-4-10-24-13-16/h4,7-15,29H,3,5-6H2,1-2H3,(H,25,31)(H,26,30). The lowest BCUT2D eigenvalue weighted by atomic mass is 9.82. The van der Waals surface area contributed by atoms with Crippen LogP contribution in [-0.2, 0) is 0 Å². The van der Waals surface area contributed by atoms with Gasteiger partial charge in [-0.3, -0.25) is 9.78 Å². The van der Waals surface area contributed by atoms with Gasteiger partial charge in [-0.25, -0.2) is 4.79 Å². The first-order valence-corrected chi connectivity index (χ1v) is 10.4. The van der Waals surface area contributed by atoms with E-state index in [1.165, 1.54) is 16.9 Å². The van der Waals surface area contributed by atoms with Crippen LogP contribution >= 0.6 is 0 Å². The Kier molecular flexibility index (Phi) is 5.70. The molecule has 160 valence electrons. The largest absolute Gasteiger partial charge is 0.507 e. The normalized spacial score (nSPS) is 13.6. The van der Waals surface area contributed by atoms with E-state index in [9.17, 15) is 14.7 Å². The third-order valence-corrected chi connectivity index (χ3v) is 5.32. The first-order valence-electron chi connectivity index (χ1n) is 10.4. The minimum absolute atomic E-state index is 0.00879. The zero-order chi connectivity index (χ0) is 22.0. The number of benzene rings is 1. The van der Waals surface area contributed by atoms with Crippen molar-refractivity contribution in [1.82, 2.24) is 20.1 Å². The molecule has 1 aliphatic carbocycles. The highest BCUT2D eigenvalue weighted by Gasteiger charge is 2.27. The van der Waals surface area contributed by atoms with Crippen molar-refractivity contribution in [3.8, 4) is 17.0 Å². The number of hydrogen-bond donors (Lipinski definition) is 3. The van der Waals surface area contributed by atoms with Crippen molar-refractivity contribution in [2.45, 2.75) is 45.1 Å². The number of nitrogens with zero attached hydrogens (tertiary/aromatic N) is 3. The minimum Gasteiger partial charge on any atom is -0.507 e. The molecule has 0 spiro atoms. The van der Waals surface area contributed by atoms with Crippen LogP contribution in [0.4, 0.5) is 10.5 Å². The molecule has 2 aromatic heterocycles. The Hall–Kier alpha value is -3.68. The molecule has 2 amide bonds. The van der Waals surface area contributed by atoms with Gasteiger partial charge < -0.3 is 15.7 Å². The van der Waals surface area contributed by atoms with Gasteiger partial charge in [-0.05, 0) is 57.0 Å². The van der Waals surface area contributed by atoms with Crippen molar-refractivity contribution >= 4 is 17.6 Å². The molecule has 0 aliphatic heterocycles. The molecule has 8 nitrogen and oxygen atoms in total. The predicted molar refractivity (Wildman–Crippen MR) is 117 cm³/mol. The third kappa shape index (κ3) is 4.42. The van der Waals surface area contributed by atoms with Gasteiger partial charge in [0.2, 0.25) is 0 Å². The maximum Gasteiger partial charge on any atom is 0.342 e. The third-order valence-electron chi connectivity index (χ3n) is 5.32. The van der Waals surface area contributed by atoms with Crippen LogP contribution in [-0.4, -0.2) is 37.9 Å². The highest BCUT2D eigenvalue weighted by atomic mass is 16.3. The van der Waals surface area contributed by atoms with Crippen LogP contribution in [0.15, 0.2) is 48.8 Å². The molecule has 0 bridgehead atoms. The molecular weight excluding hydrogens is 394 g/mol. The highest BCUT2D eigenvalue weighted by Crippen LogP contribution is 2.39. The number of amides is 2. The van der Waals surface area contributed by atoms with E-state index in [0.717, 1.165) is 25.0 Å². The van der Waals surface area contributed by atoms with E-state index in [0.29, 0.717) is 28.4 Å². The first kappa shape index (κ1) is 20.6. The SMILES string of the molecule is CC(C)NC(=O)n1nc(-c2ccc(NC(=O)c3cccnc3)cc2O)cc1C1CCC1. The van der Waals surface area contributed by atoms with Crippen molar-refractivity contribution in [3.63, 3.8) is 0 Å². The number of phenolic OH excluding ortho intramolecular Hbond substituents is 1. The number of aromatic nitrogens is 3. The number of rotatable bonds is 5. The molecular formula is C23H25N5O3. The van der Waals surface area contributed by atoms with Crippen LogP contribution in [0.2, 0.25) is 0 Å². The van der Waals surface area contributed by atoms with Gasteiger partial charge in [-0.2, -0.15) is 9.78 Å². The Balaban J connectivity index is 1.60. The van der Waals surface area contributed by atoms with Crippen molar-refractivity contribution in [2.75, 3.05) is 5.32 Å². The average Bonchev–Trinajstić information content (AvgIpc) is 3.11. The quantitative estimate of drug-likeness (QED) is 0.576. The molecule has 1 fully saturated rings. The predicted octanol–water partition coefficient (Wildman–Crippen LogP) is 4.14. The number of hydrogen-bond acceptors (Lipinski definition) is 5. The fraction of sp³-hybridized carbons (Fsp3) is 0.304. The summed E-state index contributed by atoms with van der Waals surface area (Å²) in [6.45, 7) is 3.80. The maximum absolute atomic E-state index is 12.6. The molecule has 3 N–H and O–H groups in total. The summed E-state index contributed by atoms with van der Waals surface area (Å²) in [5.74, 6) is -0.0560. The molecule has 0 radical (unpaired) electrons. The van der Waals surface area contributed by atoms with Gasteiger partial charge in [0.15, 0.2) is 0 Å². The lowest BCUT2D eigenvalue weighted by Crippen LogP contribution is -2.36. The number of anilines is 1. The second-order valence-corrected chi connectivity index (χ2v) is 8.03.